The average Bonchev–Trinajstić information content (AvgIpc) is 2.89. The zero-order chi connectivity index (χ0) is 19.6. The van der Waals surface area contributed by atoms with Crippen molar-refractivity contribution < 1.29 is 18.7 Å². The van der Waals surface area contributed by atoms with E-state index in [4.69, 9.17) is 27.9 Å². The summed E-state index contributed by atoms with van der Waals surface area (Å²) < 4.78 is 18.8. The van der Waals surface area contributed by atoms with Crippen molar-refractivity contribution in [2.24, 2.45) is 0 Å². The number of ether oxygens (including phenoxy) is 1. The zero-order valence-electron chi connectivity index (χ0n) is 14.5. The van der Waals surface area contributed by atoms with Crippen LogP contribution < -0.4 is 10.1 Å². The van der Waals surface area contributed by atoms with Crippen LogP contribution in [-0.2, 0) is 10.3 Å². The molecule has 0 radical (unpaired) electrons. The molecule has 1 atom stereocenters. The van der Waals surface area contributed by atoms with Crippen molar-refractivity contribution in [3.63, 3.8) is 0 Å². The summed E-state index contributed by atoms with van der Waals surface area (Å²) in [5.74, 6) is -0.396. The third-order valence-electron chi connectivity index (χ3n) is 4.51. The molecule has 1 saturated heterocycles. The molecule has 1 N–H and O–H groups in total. The van der Waals surface area contributed by atoms with Crippen LogP contribution in [0.5, 0.6) is 5.75 Å². The number of halogens is 3. The third-order valence-corrected chi connectivity index (χ3v) is 5.04. The minimum atomic E-state index is -1.21. The summed E-state index contributed by atoms with van der Waals surface area (Å²) in [5.41, 5.74) is -0.670. The first kappa shape index (κ1) is 19.5. The Kier molecular flexibility index (Phi) is 5.58. The summed E-state index contributed by atoms with van der Waals surface area (Å²) in [6.45, 7) is 1.91. The Morgan fingerprint density at radius 3 is 2.48 bits per heavy atom. The SMILES string of the molecule is CCC1(c2ccc(F)cc2)NC(=O)N(CCOc2ccc(Cl)cc2Cl)C1=O. The van der Waals surface area contributed by atoms with E-state index in [-0.39, 0.29) is 13.2 Å². The molecule has 1 aliphatic rings. The first-order valence-corrected chi connectivity index (χ1v) is 9.11. The quantitative estimate of drug-likeness (QED) is 0.719. The summed E-state index contributed by atoms with van der Waals surface area (Å²) in [4.78, 5) is 26.4. The highest BCUT2D eigenvalue weighted by molar-refractivity contribution is 6.35. The van der Waals surface area contributed by atoms with Gasteiger partial charge in [-0.3, -0.25) is 9.69 Å². The summed E-state index contributed by atoms with van der Waals surface area (Å²) in [6, 6.07) is 9.81. The molecule has 0 aliphatic carbocycles. The lowest BCUT2D eigenvalue weighted by molar-refractivity contribution is -0.132. The average molecular weight is 411 g/mol. The molecule has 1 heterocycles. The van der Waals surface area contributed by atoms with E-state index in [1.54, 1.807) is 25.1 Å². The van der Waals surface area contributed by atoms with Crippen LogP contribution in [0.2, 0.25) is 10.0 Å². The summed E-state index contributed by atoms with van der Waals surface area (Å²) in [6.07, 6.45) is 0.337. The Labute approximate surface area is 166 Å². The number of amides is 3. The van der Waals surface area contributed by atoms with Crippen molar-refractivity contribution >= 4 is 35.1 Å². The van der Waals surface area contributed by atoms with Crippen LogP contribution in [0.25, 0.3) is 0 Å². The van der Waals surface area contributed by atoms with Gasteiger partial charge in [0.25, 0.3) is 5.91 Å². The van der Waals surface area contributed by atoms with Gasteiger partial charge in [0.05, 0.1) is 11.6 Å². The minimum absolute atomic E-state index is 0.0482. The van der Waals surface area contributed by atoms with Gasteiger partial charge in [-0.05, 0) is 42.3 Å². The molecule has 2 aromatic carbocycles. The van der Waals surface area contributed by atoms with E-state index >= 15 is 0 Å². The molecule has 3 rings (SSSR count). The molecule has 0 aromatic heterocycles. The molecule has 2 aromatic rings. The van der Waals surface area contributed by atoms with Gasteiger partial charge >= 0.3 is 6.03 Å². The lowest BCUT2D eigenvalue weighted by atomic mass is 9.87. The Hall–Kier alpha value is -2.31. The van der Waals surface area contributed by atoms with E-state index in [0.717, 1.165) is 4.90 Å². The van der Waals surface area contributed by atoms with E-state index in [1.165, 1.54) is 24.3 Å². The predicted molar refractivity (Wildman–Crippen MR) is 101 cm³/mol. The fraction of sp³-hybridized carbons (Fsp3) is 0.263. The smallest absolute Gasteiger partial charge is 0.325 e. The van der Waals surface area contributed by atoms with Crippen molar-refractivity contribution in [2.45, 2.75) is 18.9 Å². The fourth-order valence-corrected chi connectivity index (χ4v) is 3.51. The molecule has 0 spiro atoms. The van der Waals surface area contributed by atoms with E-state index < -0.39 is 23.3 Å². The number of rotatable bonds is 6. The minimum Gasteiger partial charge on any atom is -0.490 e. The standard InChI is InChI=1S/C19H17Cl2FN2O3/c1-2-19(12-3-6-14(22)7-4-12)17(25)24(18(26)23-19)9-10-27-16-8-5-13(20)11-15(16)21/h3-8,11H,2,9-10H2,1H3,(H,23,26). The van der Waals surface area contributed by atoms with Crippen LogP contribution in [0.3, 0.4) is 0 Å². The Morgan fingerprint density at radius 2 is 1.85 bits per heavy atom. The lowest BCUT2D eigenvalue weighted by Crippen LogP contribution is -2.43. The van der Waals surface area contributed by atoms with Crippen molar-refractivity contribution in [1.29, 1.82) is 0 Å². The van der Waals surface area contributed by atoms with Gasteiger partial charge in [-0.25, -0.2) is 9.18 Å². The fourth-order valence-electron chi connectivity index (χ4n) is 3.04. The van der Waals surface area contributed by atoms with E-state index in [1.807, 2.05) is 0 Å². The predicted octanol–water partition coefficient (Wildman–Crippen LogP) is 4.37. The van der Waals surface area contributed by atoms with Gasteiger partial charge < -0.3 is 10.1 Å². The maximum Gasteiger partial charge on any atom is 0.325 e. The van der Waals surface area contributed by atoms with Crippen LogP contribution in [0.1, 0.15) is 18.9 Å². The molecule has 1 unspecified atom stereocenters. The van der Waals surface area contributed by atoms with Gasteiger partial charge in [0, 0.05) is 5.02 Å². The molecule has 1 fully saturated rings. The largest absolute Gasteiger partial charge is 0.490 e. The monoisotopic (exact) mass is 410 g/mol. The number of hydrogen-bond acceptors (Lipinski definition) is 3. The Balaban J connectivity index is 1.72. The van der Waals surface area contributed by atoms with Gasteiger partial charge in [-0.1, -0.05) is 42.3 Å². The highest BCUT2D eigenvalue weighted by atomic mass is 35.5. The summed E-state index contributed by atoms with van der Waals surface area (Å²) in [7, 11) is 0. The van der Waals surface area contributed by atoms with E-state index in [9.17, 15) is 14.0 Å². The molecule has 3 amide bonds. The number of benzene rings is 2. The van der Waals surface area contributed by atoms with Crippen molar-refractivity contribution in [1.82, 2.24) is 10.2 Å². The number of urea groups is 1. The van der Waals surface area contributed by atoms with E-state index in [0.29, 0.717) is 27.8 Å². The number of carbonyl (C=O) groups is 2. The summed E-state index contributed by atoms with van der Waals surface area (Å²) >= 11 is 11.9. The van der Waals surface area contributed by atoms with Crippen LogP contribution in [0.4, 0.5) is 9.18 Å². The molecule has 5 nitrogen and oxygen atoms in total. The molecule has 142 valence electrons. The van der Waals surface area contributed by atoms with Gasteiger partial charge in [0.2, 0.25) is 0 Å². The number of nitrogens with one attached hydrogen (secondary N) is 1. The van der Waals surface area contributed by atoms with Gasteiger partial charge in [0.15, 0.2) is 0 Å². The molecule has 1 aliphatic heterocycles. The molecule has 27 heavy (non-hydrogen) atoms. The number of nitrogens with zero attached hydrogens (tertiary/aromatic N) is 1. The maximum atomic E-state index is 13.2. The van der Waals surface area contributed by atoms with Crippen molar-refractivity contribution in [3.8, 4) is 5.75 Å². The van der Waals surface area contributed by atoms with Gasteiger partial charge in [-0.2, -0.15) is 0 Å². The van der Waals surface area contributed by atoms with Gasteiger partial charge in [0.1, 0.15) is 23.7 Å². The maximum absolute atomic E-state index is 13.2. The highest BCUT2D eigenvalue weighted by Gasteiger charge is 2.51. The first-order valence-electron chi connectivity index (χ1n) is 8.35. The summed E-state index contributed by atoms with van der Waals surface area (Å²) in [5, 5.41) is 3.56. The van der Waals surface area contributed by atoms with Crippen LogP contribution in [0, 0.1) is 5.82 Å². The van der Waals surface area contributed by atoms with Crippen molar-refractivity contribution in [2.75, 3.05) is 13.2 Å². The molecular weight excluding hydrogens is 394 g/mol. The number of carbonyl (C=O) groups excluding carboxylic acids is 2. The van der Waals surface area contributed by atoms with Crippen LogP contribution in [0.15, 0.2) is 42.5 Å². The Morgan fingerprint density at radius 1 is 1.15 bits per heavy atom. The normalized spacial score (nSPS) is 19.3. The van der Waals surface area contributed by atoms with E-state index in [2.05, 4.69) is 5.32 Å². The number of imide groups is 1. The third kappa shape index (κ3) is 3.73. The second-order valence-corrected chi connectivity index (χ2v) is 6.92. The topological polar surface area (TPSA) is 58.6 Å². The second-order valence-electron chi connectivity index (χ2n) is 6.08. The molecular formula is C19H17Cl2FN2O3. The Bertz CT molecular complexity index is 876. The van der Waals surface area contributed by atoms with Crippen LogP contribution in [-0.4, -0.2) is 30.0 Å². The van der Waals surface area contributed by atoms with Crippen molar-refractivity contribution in [3.05, 3.63) is 63.9 Å². The second kappa shape index (κ2) is 7.74. The highest BCUT2D eigenvalue weighted by Crippen LogP contribution is 2.33. The molecule has 8 heteroatoms. The zero-order valence-corrected chi connectivity index (χ0v) is 16.0. The van der Waals surface area contributed by atoms with Crippen LogP contribution >= 0.6 is 23.2 Å². The van der Waals surface area contributed by atoms with Gasteiger partial charge in [-0.15, -0.1) is 0 Å². The molecule has 0 bridgehead atoms. The first-order chi connectivity index (χ1) is 12.9. The number of hydrogen-bond donors (Lipinski definition) is 1. The molecule has 0 saturated carbocycles. The lowest BCUT2D eigenvalue weighted by Gasteiger charge is -2.25.